The van der Waals surface area contributed by atoms with Gasteiger partial charge in [0, 0.05) is 5.69 Å². The summed E-state index contributed by atoms with van der Waals surface area (Å²) in [5.74, 6) is -3.36. The smallest absolute Gasteiger partial charge is 0.306 e. The second-order valence-electron chi connectivity index (χ2n) is 5.49. The van der Waals surface area contributed by atoms with E-state index in [1.165, 1.54) is 12.1 Å². The Morgan fingerprint density at radius 3 is 1.96 bits per heavy atom. The highest BCUT2D eigenvalue weighted by Crippen LogP contribution is 2.26. The van der Waals surface area contributed by atoms with Gasteiger partial charge < -0.3 is 10.4 Å². The first-order valence-electron chi connectivity index (χ1n) is 7.53. The molecule has 1 heterocycles. The molecule has 0 spiro atoms. The molecule has 0 fully saturated rings. The number of fused-ring (bicyclic) bond motifs is 1. The Labute approximate surface area is 142 Å². The largest absolute Gasteiger partial charge is 0.481 e. The predicted molar refractivity (Wildman–Crippen MR) is 88.1 cm³/mol. The Morgan fingerprint density at radius 2 is 1.44 bits per heavy atom. The van der Waals surface area contributed by atoms with Crippen molar-refractivity contribution in [2.24, 2.45) is 0 Å². The van der Waals surface area contributed by atoms with Gasteiger partial charge in [-0.3, -0.25) is 24.1 Å². The lowest BCUT2D eigenvalue weighted by Crippen LogP contribution is -2.48. The predicted octanol–water partition coefficient (Wildman–Crippen LogP) is 1.76. The van der Waals surface area contributed by atoms with Gasteiger partial charge in [-0.25, -0.2) is 0 Å². The Hall–Kier alpha value is -3.48. The topological polar surface area (TPSA) is 104 Å². The fourth-order valence-corrected chi connectivity index (χ4v) is 2.70. The summed E-state index contributed by atoms with van der Waals surface area (Å²) in [7, 11) is 0. The molecule has 0 saturated carbocycles. The van der Waals surface area contributed by atoms with Crippen LogP contribution in [-0.2, 0) is 9.59 Å². The molecule has 25 heavy (non-hydrogen) atoms. The van der Waals surface area contributed by atoms with Crippen LogP contribution in [0.1, 0.15) is 27.1 Å². The molecule has 1 unspecified atom stereocenters. The van der Waals surface area contributed by atoms with Gasteiger partial charge in [-0.1, -0.05) is 30.3 Å². The number of aliphatic carboxylic acids is 1. The molecule has 0 bridgehead atoms. The minimum atomic E-state index is -1.44. The third kappa shape index (κ3) is 3.12. The van der Waals surface area contributed by atoms with Crippen molar-refractivity contribution in [2.45, 2.75) is 12.5 Å². The number of imide groups is 1. The molecule has 0 radical (unpaired) electrons. The number of rotatable bonds is 5. The SMILES string of the molecule is O=C(O)CC(C(=O)Nc1ccccc1)N1C(=O)c2ccccc2C1=O. The van der Waals surface area contributed by atoms with Crippen LogP contribution in [0.5, 0.6) is 0 Å². The van der Waals surface area contributed by atoms with E-state index >= 15 is 0 Å². The molecule has 1 atom stereocenters. The van der Waals surface area contributed by atoms with Gasteiger partial charge in [0.15, 0.2) is 0 Å². The summed E-state index contributed by atoms with van der Waals surface area (Å²) in [6.07, 6.45) is -0.676. The first-order valence-corrected chi connectivity index (χ1v) is 7.53. The van der Waals surface area contributed by atoms with Crippen molar-refractivity contribution >= 4 is 29.4 Å². The number of nitrogens with one attached hydrogen (secondary N) is 1. The monoisotopic (exact) mass is 338 g/mol. The standard InChI is InChI=1S/C18H14N2O5/c21-15(22)10-14(16(23)19-11-6-2-1-3-7-11)20-17(24)12-8-4-5-9-13(12)18(20)25/h1-9,14H,10H2,(H,19,23)(H,21,22). The van der Waals surface area contributed by atoms with Crippen molar-refractivity contribution in [1.82, 2.24) is 4.90 Å². The fourth-order valence-electron chi connectivity index (χ4n) is 2.70. The molecule has 2 N–H and O–H groups in total. The van der Waals surface area contributed by atoms with E-state index in [0.29, 0.717) is 5.69 Å². The summed E-state index contributed by atoms with van der Waals surface area (Å²) >= 11 is 0. The van der Waals surface area contributed by atoms with Gasteiger partial charge in [-0.15, -0.1) is 0 Å². The third-order valence-electron chi connectivity index (χ3n) is 3.85. The van der Waals surface area contributed by atoms with Gasteiger partial charge in [-0.2, -0.15) is 0 Å². The van der Waals surface area contributed by atoms with Crippen LogP contribution in [0.4, 0.5) is 5.69 Å². The van der Waals surface area contributed by atoms with Gasteiger partial charge in [0.1, 0.15) is 6.04 Å². The second-order valence-corrected chi connectivity index (χ2v) is 5.49. The number of hydrogen-bond donors (Lipinski definition) is 2. The molecule has 2 aromatic rings. The van der Waals surface area contributed by atoms with Gasteiger partial charge in [0.25, 0.3) is 11.8 Å². The molecule has 0 saturated heterocycles. The summed E-state index contributed by atoms with van der Waals surface area (Å²) < 4.78 is 0. The normalized spacial score (nSPS) is 14.2. The van der Waals surface area contributed by atoms with E-state index in [1.807, 2.05) is 0 Å². The number of anilines is 1. The molecular weight excluding hydrogens is 324 g/mol. The van der Waals surface area contributed by atoms with E-state index in [9.17, 15) is 19.2 Å². The maximum absolute atomic E-state index is 12.6. The summed E-state index contributed by atoms with van der Waals surface area (Å²) in [4.78, 5) is 49.5. The number of nitrogens with zero attached hydrogens (tertiary/aromatic N) is 1. The third-order valence-corrected chi connectivity index (χ3v) is 3.85. The first-order chi connectivity index (χ1) is 12.0. The lowest BCUT2D eigenvalue weighted by molar-refractivity contribution is -0.140. The average molecular weight is 338 g/mol. The Balaban J connectivity index is 1.91. The van der Waals surface area contributed by atoms with E-state index in [-0.39, 0.29) is 11.1 Å². The molecular formula is C18H14N2O5. The van der Waals surface area contributed by atoms with Crippen LogP contribution in [0.3, 0.4) is 0 Å². The molecule has 2 aromatic carbocycles. The lowest BCUT2D eigenvalue weighted by atomic mass is 10.1. The van der Waals surface area contributed by atoms with Crippen LogP contribution in [0.15, 0.2) is 54.6 Å². The molecule has 3 rings (SSSR count). The summed E-state index contributed by atoms with van der Waals surface area (Å²) in [5.41, 5.74) is 0.769. The van der Waals surface area contributed by atoms with E-state index in [1.54, 1.807) is 42.5 Å². The van der Waals surface area contributed by atoms with Crippen molar-refractivity contribution in [3.63, 3.8) is 0 Å². The van der Waals surface area contributed by atoms with Gasteiger partial charge in [-0.05, 0) is 24.3 Å². The fraction of sp³-hybridized carbons (Fsp3) is 0.111. The van der Waals surface area contributed by atoms with Crippen LogP contribution in [-0.4, -0.2) is 39.7 Å². The highest BCUT2D eigenvalue weighted by molar-refractivity contribution is 6.23. The quantitative estimate of drug-likeness (QED) is 0.809. The molecule has 0 aromatic heterocycles. The molecule has 0 aliphatic carbocycles. The number of hydrogen-bond acceptors (Lipinski definition) is 4. The minimum absolute atomic E-state index is 0.162. The van der Waals surface area contributed by atoms with Crippen molar-refractivity contribution < 1.29 is 24.3 Å². The Morgan fingerprint density at radius 1 is 0.920 bits per heavy atom. The van der Waals surface area contributed by atoms with E-state index < -0.39 is 36.2 Å². The molecule has 7 heteroatoms. The van der Waals surface area contributed by atoms with Gasteiger partial charge in [0.05, 0.1) is 17.5 Å². The zero-order valence-corrected chi connectivity index (χ0v) is 13.0. The van der Waals surface area contributed by atoms with Crippen LogP contribution >= 0.6 is 0 Å². The van der Waals surface area contributed by atoms with Crippen molar-refractivity contribution in [2.75, 3.05) is 5.32 Å². The maximum Gasteiger partial charge on any atom is 0.306 e. The zero-order valence-electron chi connectivity index (χ0n) is 13.0. The van der Waals surface area contributed by atoms with E-state index in [4.69, 9.17) is 5.11 Å². The summed E-state index contributed by atoms with van der Waals surface area (Å²) in [6, 6.07) is 13.1. The highest BCUT2D eigenvalue weighted by atomic mass is 16.4. The number of carboxylic acid groups (broad SMARTS) is 1. The van der Waals surface area contributed by atoms with Crippen molar-refractivity contribution in [3.8, 4) is 0 Å². The Kier molecular flexibility index (Phi) is 4.30. The zero-order chi connectivity index (χ0) is 18.0. The second kappa shape index (κ2) is 6.56. The van der Waals surface area contributed by atoms with Crippen LogP contribution in [0.2, 0.25) is 0 Å². The maximum atomic E-state index is 12.6. The molecule has 1 aliphatic heterocycles. The van der Waals surface area contributed by atoms with Crippen molar-refractivity contribution in [1.29, 1.82) is 0 Å². The number of benzene rings is 2. The minimum Gasteiger partial charge on any atom is -0.481 e. The molecule has 1 aliphatic rings. The molecule has 3 amide bonds. The number of carboxylic acids is 1. The summed E-state index contributed by atoms with van der Waals surface area (Å²) in [6.45, 7) is 0. The van der Waals surface area contributed by atoms with E-state index in [2.05, 4.69) is 5.32 Å². The van der Waals surface area contributed by atoms with Gasteiger partial charge in [0.2, 0.25) is 5.91 Å². The van der Waals surface area contributed by atoms with Crippen LogP contribution in [0, 0.1) is 0 Å². The van der Waals surface area contributed by atoms with Crippen molar-refractivity contribution in [3.05, 3.63) is 65.7 Å². The number of para-hydroxylation sites is 1. The van der Waals surface area contributed by atoms with Gasteiger partial charge >= 0.3 is 5.97 Å². The average Bonchev–Trinajstić information content (AvgIpc) is 2.85. The molecule has 126 valence electrons. The van der Waals surface area contributed by atoms with Crippen LogP contribution in [0.25, 0.3) is 0 Å². The highest BCUT2D eigenvalue weighted by Gasteiger charge is 2.43. The first kappa shape index (κ1) is 16.4. The lowest BCUT2D eigenvalue weighted by Gasteiger charge is -2.24. The molecule has 7 nitrogen and oxygen atoms in total. The number of amides is 3. The van der Waals surface area contributed by atoms with Crippen LogP contribution < -0.4 is 5.32 Å². The summed E-state index contributed by atoms with van der Waals surface area (Å²) in [5, 5.41) is 11.7. The number of carbonyl (C=O) groups is 4. The number of carbonyl (C=O) groups excluding carboxylic acids is 3. The Bertz CT molecular complexity index is 828. The van der Waals surface area contributed by atoms with E-state index in [0.717, 1.165) is 4.90 Å².